The van der Waals surface area contributed by atoms with E-state index in [-0.39, 0.29) is 17.4 Å². The zero-order valence-corrected chi connectivity index (χ0v) is 20.0. The van der Waals surface area contributed by atoms with E-state index in [1.807, 2.05) is 25.4 Å². The summed E-state index contributed by atoms with van der Waals surface area (Å²) in [4.78, 5) is 20.1. The van der Waals surface area contributed by atoms with Crippen LogP contribution in [0.5, 0.6) is 0 Å². The zero-order chi connectivity index (χ0) is 23.4. The molecule has 2 aliphatic heterocycles. The van der Waals surface area contributed by atoms with Gasteiger partial charge in [0, 0.05) is 53.6 Å². The van der Waals surface area contributed by atoms with Crippen molar-refractivity contribution < 1.29 is 4.79 Å². The van der Waals surface area contributed by atoms with Crippen molar-refractivity contribution in [3.05, 3.63) is 76.9 Å². The number of hydrogen-bond donors (Lipinski definition) is 1. The van der Waals surface area contributed by atoms with Crippen LogP contribution in [0.4, 0.5) is 11.4 Å². The molecule has 33 heavy (non-hydrogen) atoms. The molecule has 2 aromatic rings. The second kappa shape index (κ2) is 7.65. The number of Topliss-reactive ketones (excluding diaryl/α,β-unsaturated/α-hetero) is 1. The molecule has 1 unspecified atom stereocenters. The highest BCUT2D eigenvalue weighted by molar-refractivity contribution is 6.01. The summed E-state index contributed by atoms with van der Waals surface area (Å²) in [5.74, 6) is 0.227. The predicted octanol–water partition coefficient (Wildman–Crippen LogP) is 5.73. The third-order valence-corrected chi connectivity index (χ3v) is 7.30. The molecule has 1 aliphatic carbocycles. The van der Waals surface area contributed by atoms with Crippen LogP contribution >= 0.6 is 0 Å². The van der Waals surface area contributed by atoms with Gasteiger partial charge in [0.25, 0.3) is 0 Å². The fourth-order valence-corrected chi connectivity index (χ4v) is 5.76. The number of benzene rings is 1. The van der Waals surface area contributed by atoms with Crippen LogP contribution in [-0.4, -0.2) is 24.0 Å². The van der Waals surface area contributed by atoms with Gasteiger partial charge in [0.1, 0.15) is 0 Å². The van der Waals surface area contributed by atoms with E-state index in [0.717, 1.165) is 52.3 Å². The number of aryl methyl sites for hydroxylation is 1. The number of hydrogen-bond acceptors (Lipinski definition) is 6. The third-order valence-electron chi connectivity index (χ3n) is 7.30. The van der Waals surface area contributed by atoms with Crippen molar-refractivity contribution in [3.63, 3.8) is 0 Å². The van der Waals surface area contributed by atoms with Gasteiger partial charge in [-0.1, -0.05) is 32.9 Å². The van der Waals surface area contributed by atoms with Crippen LogP contribution in [0.2, 0.25) is 0 Å². The molecule has 5 rings (SSSR count). The number of carbonyl (C=O) groups excluding carboxylic acids is 1. The molecule has 0 radical (unpaired) electrons. The maximum Gasteiger partial charge on any atom is 0.164 e. The summed E-state index contributed by atoms with van der Waals surface area (Å²) in [7, 11) is 2.07. The van der Waals surface area contributed by atoms with E-state index < -0.39 is 5.41 Å². The largest absolute Gasteiger partial charge is 0.362 e. The molecule has 0 saturated carbocycles. The summed E-state index contributed by atoms with van der Waals surface area (Å²) in [6.07, 6.45) is 5.65. The van der Waals surface area contributed by atoms with Gasteiger partial charge in [-0.2, -0.15) is 10.2 Å². The Bertz CT molecular complexity index is 1220. The number of azo groups is 1. The van der Waals surface area contributed by atoms with Crippen molar-refractivity contribution in [2.75, 3.05) is 11.9 Å². The van der Waals surface area contributed by atoms with Crippen LogP contribution < -0.4 is 10.2 Å². The summed E-state index contributed by atoms with van der Waals surface area (Å²) in [5.41, 5.74) is 6.64. The normalized spacial score (nSPS) is 25.3. The minimum Gasteiger partial charge on any atom is -0.362 e. The molecule has 3 aliphatic rings. The van der Waals surface area contributed by atoms with E-state index in [4.69, 9.17) is 0 Å². The number of allylic oxidation sites excluding steroid dienone is 2. The Kier molecular flexibility index (Phi) is 5.00. The molecule has 0 fully saturated rings. The second-order valence-corrected chi connectivity index (χ2v) is 10.2. The Morgan fingerprint density at radius 1 is 1.15 bits per heavy atom. The maximum absolute atomic E-state index is 13.7. The molecular formula is C27H31N5O. The van der Waals surface area contributed by atoms with Crippen molar-refractivity contribution in [2.24, 2.45) is 15.6 Å². The lowest BCUT2D eigenvalue weighted by molar-refractivity contribution is -0.119. The number of nitrogens with zero attached hydrogens (tertiary/aromatic N) is 4. The van der Waals surface area contributed by atoms with Crippen molar-refractivity contribution in [2.45, 2.75) is 58.5 Å². The van der Waals surface area contributed by atoms with Crippen molar-refractivity contribution in [3.8, 4) is 0 Å². The van der Waals surface area contributed by atoms with Crippen LogP contribution in [0.25, 0.3) is 0 Å². The van der Waals surface area contributed by atoms with Gasteiger partial charge in [0.15, 0.2) is 11.9 Å². The molecule has 0 bridgehead atoms. The Balaban J connectivity index is 1.67. The zero-order valence-electron chi connectivity index (χ0n) is 20.0. The van der Waals surface area contributed by atoms with Gasteiger partial charge in [-0.15, -0.1) is 0 Å². The highest BCUT2D eigenvalue weighted by Gasteiger charge is 2.53. The Hall–Kier alpha value is -3.28. The number of aromatic nitrogens is 1. The minimum absolute atomic E-state index is 0.0688. The summed E-state index contributed by atoms with van der Waals surface area (Å²) >= 11 is 0. The lowest BCUT2D eigenvalue weighted by Gasteiger charge is -2.48. The van der Waals surface area contributed by atoms with Crippen molar-refractivity contribution in [1.29, 1.82) is 0 Å². The summed E-state index contributed by atoms with van der Waals surface area (Å²) in [6.45, 7) is 8.50. The fraction of sp³-hybridized carbons (Fsp3) is 0.407. The number of carbonyl (C=O) groups is 1. The van der Waals surface area contributed by atoms with Crippen LogP contribution in [0.1, 0.15) is 51.3 Å². The van der Waals surface area contributed by atoms with Gasteiger partial charge < -0.3 is 10.2 Å². The predicted molar refractivity (Wildman–Crippen MR) is 130 cm³/mol. The standard InChI is InChI=1S/C27H31N5O/c1-6-27(18-8-7-9-19(13-18)32(5)20-10-11-28-17(2)12-20)21-16-29-31-25(21)30-22-14-26(3,4)15-23(33)24(22)27/h7-13,16,25,30H,6,14-15H2,1-5H3/t25?,27-/m0/s1. The Morgan fingerprint density at radius 2 is 1.94 bits per heavy atom. The first-order valence-electron chi connectivity index (χ1n) is 11.7. The van der Waals surface area contributed by atoms with E-state index in [9.17, 15) is 4.79 Å². The van der Waals surface area contributed by atoms with E-state index >= 15 is 0 Å². The van der Waals surface area contributed by atoms with Crippen LogP contribution in [-0.2, 0) is 10.2 Å². The van der Waals surface area contributed by atoms with E-state index in [0.29, 0.717) is 6.42 Å². The third kappa shape index (κ3) is 3.39. The average Bonchev–Trinajstić information content (AvgIpc) is 3.25. The van der Waals surface area contributed by atoms with E-state index in [1.165, 1.54) is 0 Å². The molecule has 0 saturated heterocycles. The molecule has 1 aromatic carbocycles. The van der Waals surface area contributed by atoms with Gasteiger partial charge in [0.05, 0.1) is 11.6 Å². The topological polar surface area (TPSA) is 70.0 Å². The smallest absolute Gasteiger partial charge is 0.164 e. The number of nitrogens with one attached hydrogen (secondary N) is 1. The van der Waals surface area contributed by atoms with Crippen LogP contribution in [0.15, 0.2) is 75.9 Å². The number of pyridine rings is 1. The molecule has 170 valence electrons. The minimum atomic E-state index is -0.534. The lowest BCUT2D eigenvalue weighted by Crippen LogP contribution is -2.51. The SMILES string of the molecule is CC[C@]1(c2cccc(N(C)c3ccnc(C)c3)c2)C2=CN=NC2NC2=C1C(=O)CC(C)(C)C2. The van der Waals surface area contributed by atoms with Crippen LogP contribution in [0, 0.1) is 12.3 Å². The fourth-order valence-electron chi connectivity index (χ4n) is 5.76. The number of anilines is 2. The molecule has 2 atom stereocenters. The lowest BCUT2D eigenvalue weighted by atomic mass is 9.59. The molecule has 0 amide bonds. The van der Waals surface area contributed by atoms with Crippen molar-refractivity contribution in [1.82, 2.24) is 10.3 Å². The van der Waals surface area contributed by atoms with E-state index in [2.05, 4.69) is 83.6 Å². The van der Waals surface area contributed by atoms with Crippen LogP contribution in [0.3, 0.4) is 0 Å². The van der Waals surface area contributed by atoms with E-state index in [1.54, 1.807) is 0 Å². The van der Waals surface area contributed by atoms with Gasteiger partial charge in [-0.25, -0.2) is 0 Å². The van der Waals surface area contributed by atoms with Gasteiger partial charge in [0.2, 0.25) is 0 Å². The highest BCUT2D eigenvalue weighted by Crippen LogP contribution is 2.54. The molecule has 1 aromatic heterocycles. The molecule has 6 heteroatoms. The molecular weight excluding hydrogens is 410 g/mol. The molecule has 1 N–H and O–H groups in total. The second-order valence-electron chi connectivity index (χ2n) is 10.2. The first kappa shape index (κ1) is 21.6. The first-order chi connectivity index (χ1) is 15.7. The quantitative estimate of drug-likeness (QED) is 0.658. The number of rotatable bonds is 4. The van der Waals surface area contributed by atoms with Gasteiger partial charge in [-0.05, 0) is 55.0 Å². The molecule has 3 heterocycles. The first-order valence-corrected chi connectivity index (χ1v) is 11.7. The Morgan fingerprint density at radius 3 is 2.70 bits per heavy atom. The average molecular weight is 442 g/mol. The summed E-state index contributed by atoms with van der Waals surface area (Å²) in [6, 6.07) is 12.7. The monoisotopic (exact) mass is 441 g/mol. The molecule has 0 spiro atoms. The number of fused-ring (bicyclic) bond motifs is 1. The summed E-state index contributed by atoms with van der Waals surface area (Å²) < 4.78 is 0. The number of ketones is 1. The summed E-state index contributed by atoms with van der Waals surface area (Å²) in [5, 5.41) is 12.3. The highest BCUT2D eigenvalue weighted by atomic mass is 16.1. The Labute approximate surface area is 195 Å². The molecule has 6 nitrogen and oxygen atoms in total. The maximum atomic E-state index is 13.7. The van der Waals surface area contributed by atoms with Crippen molar-refractivity contribution >= 4 is 17.2 Å². The van der Waals surface area contributed by atoms with Gasteiger partial charge >= 0.3 is 0 Å². The van der Waals surface area contributed by atoms with Gasteiger partial charge in [-0.3, -0.25) is 9.78 Å².